The number of benzene rings is 2. The lowest BCUT2D eigenvalue weighted by Gasteiger charge is -2.29. The number of hydrogen-bond acceptors (Lipinski definition) is 4. The van der Waals surface area contributed by atoms with E-state index >= 15 is 0 Å². The maximum atomic E-state index is 12.4. The lowest BCUT2D eigenvalue weighted by Crippen LogP contribution is -2.44. The molecule has 0 saturated carbocycles. The second kappa shape index (κ2) is 9.71. The quantitative estimate of drug-likeness (QED) is 0.555. The molecule has 2 aromatic carbocycles. The van der Waals surface area contributed by atoms with Crippen molar-refractivity contribution in [3.05, 3.63) is 88.8 Å². The number of nitrogens with one attached hydrogen (secondary N) is 2. The Morgan fingerprint density at radius 1 is 1.00 bits per heavy atom. The van der Waals surface area contributed by atoms with Crippen molar-refractivity contribution in [3.8, 4) is 0 Å². The van der Waals surface area contributed by atoms with Crippen LogP contribution in [0.15, 0.2) is 71.3 Å². The minimum Gasteiger partial charge on any atom is -0.467 e. The number of carbonyl (C=O) groups is 2. The molecule has 3 aromatic rings. The summed E-state index contributed by atoms with van der Waals surface area (Å²) < 4.78 is 5.64. The van der Waals surface area contributed by atoms with Gasteiger partial charge in [0.25, 0.3) is 0 Å². The summed E-state index contributed by atoms with van der Waals surface area (Å²) >= 11 is 5.88. The number of fused-ring (bicyclic) bond motifs is 1. The Balaban J connectivity index is 1.33. The molecule has 0 spiro atoms. The molecule has 6 nitrogen and oxygen atoms in total. The molecule has 160 valence electrons. The Morgan fingerprint density at radius 3 is 2.55 bits per heavy atom. The second-order valence-electron chi connectivity index (χ2n) is 7.45. The van der Waals surface area contributed by atoms with E-state index < -0.39 is 11.8 Å². The number of para-hydroxylation sites is 1. The van der Waals surface area contributed by atoms with Gasteiger partial charge in [-0.05, 0) is 54.3 Å². The van der Waals surface area contributed by atoms with Crippen LogP contribution < -0.4 is 15.5 Å². The van der Waals surface area contributed by atoms with E-state index in [0.29, 0.717) is 18.0 Å². The third-order valence-electron chi connectivity index (χ3n) is 5.45. The first-order valence-corrected chi connectivity index (χ1v) is 10.7. The molecule has 0 radical (unpaired) electrons. The Morgan fingerprint density at radius 2 is 1.77 bits per heavy atom. The largest absolute Gasteiger partial charge is 0.467 e. The van der Waals surface area contributed by atoms with E-state index in [4.69, 9.17) is 16.0 Å². The summed E-state index contributed by atoms with van der Waals surface area (Å²) in [6.07, 6.45) is 3.18. The molecule has 2 N–H and O–H groups in total. The van der Waals surface area contributed by atoms with Crippen LogP contribution in [0.1, 0.15) is 22.9 Å². The molecule has 0 aliphatic carbocycles. The summed E-state index contributed by atoms with van der Waals surface area (Å²) in [6.45, 7) is 1.47. The van der Waals surface area contributed by atoms with Gasteiger partial charge in [-0.15, -0.1) is 0 Å². The molecule has 1 aliphatic rings. The van der Waals surface area contributed by atoms with E-state index in [1.807, 2.05) is 36.4 Å². The van der Waals surface area contributed by atoms with Crippen LogP contribution in [-0.2, 0) is 22.4 Å². The minimum atomic E-state index is -0.653. The molecule has 31 heavy (non-hydrogen) atoms. The van der Waals surface area contributed by atoms with Gasteiger partial charge in [-0.3, -0.25) is 9.59 Å². The Kier molecular flexibility index (Phi) is 6.57. The first-order valence-electron chi connectivity index (χ1n) is 10.3. The van der Waals surface area contributed by atoms with Crippen molar-refractivity contribution in [2.75, 3.05) is 24.5 Å². The van der Waals surface area contributed by atoms with Gasteiger partial charge in [-0.1, -0.05) is 41.9 Å². The highest BCUT2D eigenvalue weighted by Gasteiger charge is 2.29. The Hall–Kier alpha value is -3.25. The van der Waals surface area contributed by atoms with Crippen molar-refractivity contribution in [2.24, 2.45) is 0 Å². The zero-order chi connectivity index (χ0) is 21.6. The van der Waals surface area contributed by atoms with Crippen LogP contribution in [0.4, 0.5) is 5.69 Å². The van der Waals surface area contributed by atoms with E-state index in [-0.39, 0.29) is 12.6 Å². The standard InChI is InChI=1S/C24H24ClN3O3/c25-19-9-7-17(8-10-19)11-13-26-23(29)24(30)27-16-21(22-6-3-15-31-22)28-14-12-18-4-1-2-5-20(18)28/h1-10,15,21H,11-14,16H2,(H,26,29)(H,27,30)/t21-/m1/s1. The summed E-state index contributed by atoms with van der Waals surface area (Å²) in [4.78, 5) is 26.8. The predicted molar refractivity (Wildman–Crippen MR) is 120 cm³/mol. The van der Waals surface area contributed by atoms with Crippen molar-refractivity contribution in [1.82, 2.24) is 10.6 Å². The predicted octanol–water partition coefficient (Wildman–Crippen LogP) is 3.51. The fourth-order valence-corrected chi connectivity index (χ4v) is 3.98. The maximum Gasteiger partial charge on any atom is 0.309 e. The average molecular weight is 438 g/mol. The van der Waals surface area contributed by atoms with Crippen molar-refractivity contribution >= 4 is 29.1 Å². The molecular weight excluding hydrogens is 414 g/mol. The fourth-order valence-electron chi connectivity index (χ4n) is 3.85. The number of nitrogens with zero attached hydrogens (tertiary/aromatic N) is 1. The molecule has 4 rings (SSSR count). The van der Waals surface area contributed by atoms with Crippen molar-refractivity contribution in [1.29, 1.82) is 0 Å². The zero-order valence-corrected chi connectivity index (χ0v) is 17.8. The fraction of sp³-hybridized carbons (Fsp3) is 0.250. The first kappa shape index (κ1) is 21.0. The summed E-state index contributed by atoms with van der Waals surface area (Å²) in [6, 6.07) is 19.2. The van der Waals surface area contributed by atoms with Crippen molar-refractivity contribution in [3.63, 3.8) is 0 Å². The van der Waals surface area contributed by atoms with Crippen LogP contribution >= 0.6 is 11.6 Å². The van der Waals surface area contributed by atoms with Gasteiger partial charge in [-0.2, -0.15) is 0 Å². The van der Waals surface area contributed by atoms with Crippen molar-refractivity contribution < 1.29 is 14.0 Å². The third kappa shape index (κ3) is 5.09. The SMILES string of the molecule is O=C(NCCc1ccc(Cl)cc1)C(=O)NC[C@H](c1ccco1)N1CCc2ccccc21. The van der Waals surface area contributed by atoms with E-state index in [9.17, 15) is 9.59 Å². The van der Waals surface area contributed by atoms with E-state index in [1.54, 1.807) is 18.4 Å². The number of rotatable bonds is 7. The first-order chi connectivity index (χ1) is 15.1. The zero-order valence-electron chi connectivity index (χ0n) is 17.0. The molecule has 1 atom stereocenters. The van der Waals surface area contributed by atoms with Crippen LogP contribution in [0, 0.1) is 0 Å². The summed E-state index contributed by atoms with van der Waals surface area (Å²) in [7, 11) is 0. The molecule has 2 heterocycles. The maximum absolute atomic E-state index is 12.4. The third-order valence-corrected chi connectivity index (χ3v) is 5.70. The molecule has 7 heteroatoms. The average Bonchev–Trinajstić information content (AvgIpc) is 3.46. The van der Waals surface area contributed by atoms with Crippen LogP contribution in [0.3, 0.4) is 0 Å². The van der Waals surface area contributed by atoms with E-state index in [1.165, 1.54) is 5.56 Å². The normalized spacial score (nSPS) is 13.5. The monoisotopic (exact) mass is 437 g/mol. The van der Waals surface area contributed by atoms with Gasteiger partial charge in [0, 0.05) is 30.3 Å². The molecule has 1 aromatic heterocycles. The topological polar surface area (TPSA) is 74.6 Å². The van der Waals surface area contributed by atoms with Gasteiger partial charge in [0.05, 0.1) is 6.26 Å². The van der Waals surface area contributed by atoms with Crippen LogP contribution in [0.2, 0.25) is 5.02 Å². The number of amides is 2. The number of anilines is 1. The Labute approximate surface area is 186 Å². The van der Waals surface area contributed by atoms with Gasteiger partial charge >= 0.3 is 11.8 Å². The van der Waals surface area contributed by atoms with Crippen LogP contribution in [0.5, 0.6) is 0 Å². The molecular formula is C24H24ClN3O3. The van der Waals surface area contributed by atoms with E-state index in [2.05, 4.69) is 27.7 Å². The van der Waals surface area contributed by atoms with Gasteiger partial charge in [0.1, 0.15) is 11.8 Å². The lowest BCUT2D eigenvalue weighted by atomic mass is 10.1. The lowest BCUT2D eigenvalue weighted by molar-refractivity contribution is -0.139. The highest BCUT2D eigenvalue weighted by molar-refractivity contribution is 6.35. The van der Waals surface area contributed by atoms with Gasteiger partial charge in [-0.25, -0.2) is 0 Å². The van der Waals surface area contributed by atoms with Crippen LogP contribution in [0.25, 0.3) is 0 Å². The van der Waals surface area contributed by atoms with Crippen LogP contribution in [-0.4, -0.2) is 31.4 Å². The van der Waals surface area contributed by atoms with Gasteiger partial charge in [0.2, 0.25) is 0 Å². The highest BCUT2D eigenvalue weighted by atomic mass is 35.5. The summed E-state index contributed by atoms with van der Waals surface area (Å²) in [5.41, 5.74) is 3.44. The molecule has 2 amide bonds. The number of furan rings is 1. The molecule has 0 saturated heterocycles. The summed E-state index contributed by atoms with van der Waals surface area (Å²) in [5.74, 6) is -0.547. The minimum absolute atomic E-state index is 0.190. The van der Waals surface area contributed by atoms with Gasteiger partial charge in [0.15, 0.2) is 0 Å². The second-order valence-corrected chi connectivity index (χ2v) is 7.88. The van der Waals surface area contributed by atoms with Crippen molar-refractivity contribution in [2.45, 2.75) is 18.9 Å². The number of halogens is 1. The number of hydrogen-bond donors (Lipinski definition) is 2. The molecule has 1 aliphatic heterocycles. The Bertz CT molecular complexity index is 1030. The van der Waals surface area contributed by atoms with Gasteiger partial charge < -0.3 is 20.0 Å². The highest BCUT2D eigenvalue weighted by Crippen LogP contribution is 2.34. The molecule has 0 bridgehead atoms. The smallest absolute Gasteiger partial charge is 0.309 e. The summed E-state index contributed by atoms with van der Waals surface area (Å²) in [5, 5.41) is 6.10. The van der Waals surface area contributed by atoms with E-state index in [0.717, 1.165) is 30.0 Å². The molecule has 0 fully saturated rings. The molecule has 0 unspecified atom stereocenters. The number of carbonyl (C=O) groups excluding carboxylic acids is 2.